The molecular formula is C32H46N2O3S2. The Bertz CT molecular complexity index is 1060. The molecule has 2 aromatic rings. The van der Waals surface area contributed by atoms with E-state index in [-0.39, 0.29) is 5.91 Å². The number of aryl methyl sites for hydroxylation is 1. The van der Waals surface area contributed by atoms with Crippen LogP contribution in [0.5, 0.6) is 0 Å². The van der Waals surface area contributed by atoms with Gasteiger partial charge >= 0.3 is 5.97 Å². The molecule has 0 saturated heterocycles. The molecule has 1 amide bonds. The van der Waals surface area contributed by atoms with Crippen LogP contribution in [0.3, 0.4) is 0 Å². The van der Waals surface area contributed by atoms with Crippen molar-refractivity contribution in [1.82, 2.24) is 10.6 Å². The van der Waals surface area contributed by atoms with Gasteiger partial charge in [0.05, 0.1) is 0 Å². The molecule has 0 radical (unpaired) electrons. The van der Waals surface area contributed by atoms with Crippen LogP contribution in [0.2, 0.25) is 0 Å². The van der Waals surface area contributed by atoms with Crippen LogP contribution in [0.4, 0.5) is 0 Å². The van der Waals surface area contributed by atoms with Crippen molar-refractivity contribution in [2.45, 2.75) is 83.8 Å². The maximum atomic E-state index is 13.4. The maximum Gasteiger partial charge on any atom is 0.326 e. The summed E-state index contributed by atoms with van der Waals surface area (Å²) >= 11 is 3.57. The summed E-state index contributed by atoms with van der Waals surface area (Å²) in [6, 6.07) is 13.6. The van der Waals surface area contributed by atoms with Crippen LogP contribution < -0.4 is 10.6 Å². The van der Waals surface area contributed by atoms with Gasteiger partial charge in [-0.3, -0.25) is 4.79 Å². The lowest BCUT2D eigenvalue weighted by Gasteiger charge is -2.25. The largest absolute Gasteiger partial charge is 0.480 e. The monoisotopic (exact) mass is 570 g/mol. The second kappa shape index (κ2) is 17.0. The zero-order valence-electron chi connectivity index (χ0n) is 23.8. The highest BCUT2D eigenvalue weighted by Crippen LogP contribution is 2.30. The number of hydrogen-bond donors (Lipinski definition) is 3. The van der Waals surface area contributed by atoms with E-state index < -0.39 is 12.0 Å². The average molecular weight is 571 g/mol. The topological polar surface area (TPSA) is 78.4 Å². The second-order valence-electron chi connectivity index (χ2n) is 10.7. The molecule has 7 heteroatoms. The molecule has 2 atom stereocenters. The molecule has 214 valence electrons. The zero-order valence-corrected chi connectivity index (χ0v) is 25.5. The number of carboxylic acids is 1. The molecular weight excluding hydrogens is 524 g/mol. The van der Waals surface area contributed by atoms with Crippen LogP contribution in [0, 0.1) is 12.8 Å². The van der Waals surface area contributed by atoms with Gasteiger partial charge in [-0.15, -0.1) is 0 Å². The van der Waals surface area contributed by atoms with Gasteiger partial charge in [-0.2, -0.15) is 23.5 Å². The second-order valence-corrected chi connectivity index (χ2v) is 13.0. The molecule has 5 nitrogen and oxygen atoms in total. The van der Waals surface area contributed by atoms with Crippen molar-refractivity contribution in [1.29, 1.82) is 0 Å². The van der Waals surface area contributed by atoms with Gasteiger partial charge in [-0.25, -0.2) is 4.79 Å². The van der Waals surface area contributed by atoms with Gasteiger partial charge in [0, 0.05) is 23.9 Å². The number of carboxylic acid groups (broad SMARTS) is 1. The third-order valence-electron chi connectivity index (χ3n) is 7.74. The number of carbonyl (C=O) groups is 2. The number of benzene rings is 2. The Morgan fingerprint density at radius 1 is 1.05 bits per heavy atom. The molecule has 0 heterocycles. The van der Waals surface area contributed by atoms with Crippen molar-refractivity contribution >= 4 is 35.4 Å². The number of thioether (sulfide) groups is 2. The summed E-state index contributed by atoms with van der Waals surface area (Å²) in [6.07, 6.45) is 11.8. The van der Waals surface area contributed by atoms with Gasteiger partial charge in [-0.1, -0.05) is 69.4 Å². The molecule has 3 rings (SSSR count). The van der Waals surface area contributed by atoms with Crippen molar-refractivity contribution < 1.29 is 14.7 Å². The van der Waals surface area contributed by atoms with E-state index in [0.717, 1.165) is 46.2 Å². The molecule has 3 N–H and O–H groups in total. The van der Waals surface area contributed by atoms with E-state index in [1.165, 1.54) is 44.9 Å². The Balaban J connectivity index is 1.78. The predicted octanol–water partition coefficient (Wildman–Crippen LogP) is 7.17. The summed E-state index contributed by atoms with van der Waals surface area (Å²) in [4.78, 5) is 25.1. The number of hydrogen-bond acceptors (Lipinski definition) is 5. The highest BCUT2D eigenvalue weighted by molar-refractivity contribution is 7.99. The lowest BCUT2D eigenvalue weighted by molar-refractivity contribution is -0.139. The van der Waals surface area contributed by atoms with Gasteiger partial charge in [0.25, 0.3) is 5.91 Å². The van der Waals surface area contributed by atoms with Crippen molar-refractivity contribution in [3.63, 3.8) is 0 Å². The molecule has 39 heavy (non-hydrogen) atoms. The third kappa shape index (κ3) is 10.2. The van der Waals surface area contributed by atoms with E-state index in [4.69, 9.17) is 0 Å². The van der Waals surface area contributed by atoms with Crippen molar-refractivity contribution in [3.8, 4) is 11.1 Å². The van der Waals surface area contributed by atoms with Crippen molar-refractivity contribution in [2.24, 2.45) is 5.92 Å². The fraction of sp³-hybridized carbons (Fsp3) is 0.562. The molecule has 2 aromatic carbocycles. The fourth-order valence-electron chi connectivity index (χ4n) is 5.41. The number of nitrogens with one attached hydrogen (secondary N) is 2. The van der Waals surface area contributed by atoms with Crippen LogP contribution in [-0.2, 0) is 11.3 Å². The average Bonchev–Trinajstić information content (AvgIpc) is 2.95. The summed E-state index contributed by atoms with van der Waals surface area (Å²) < 4.78 is 0. The number of aliphatic carboxylic acids is 1. The SMILES string of the molecule is CCSC[C@H](CCC1CCCCC1)NCc1ccc(C(=O)NC(CCSC)C(=O)O)c(-c2ccccc2C)c1. The number of carbonyl (C=O) groups excluding carboxylic acids is 1. The quantitative estimate of drug-likeness (QED) is 0.199. The van der Waals surface area contributed by atoms with Gasteiger partial charge in [0.15, 0.2) is 0 Å². The normalized spacial score (nSPS) is 15.6. The molecule has 0 spiro atoms. The summed E-state index contributed by atoms with van der Waals surface area (Å²) in [7, 11) is 0. The Morgan fingerprint density at radius 2 is 1.82 bits per heavy atom. The van der Waals surface area contributed by atoms with E-state index in [9.17, 15) is 14.7 Å². The number of amides is 1. The van der Waals surface area contributed by atoms with Crippen LogP contribution in [0.25, 0.3) is 11.1 Å². The summed E-state index contributed by atoms with van der Waals surface area (Å²) in [5.41, 5.74) is 4.57. The molecule has 0 aliphatic heterocycles. The lowest BCUT2D eigenvalue weighted by atomic mass is 9.85. The molecule has 1 saturated carbocycles. The Kier molecular flexibility index (Phi) is 13.7. The van der Waals surface area contributed by atoms with Gasteiger partial charge < -0.3 is 15.7 Å². The minimum Gasteiger partial charge on any atom is -0.480 e. The van der Waals surface area contributed by atoms with E-state index in [0.29, 0.717) is 23.8 Å². The van der Waals surface area contributed by atoms with Gasteiger partial charge in [0.2, 0.25) is 0 Å². The first kappa shape index (κ1) is 31.6. The van der Waals surface area contributed by atoms with Gasteiger partial charge in [-0.05, 0) is 84.3 Å². The Hall–Kier alpha value is -1.96. The Morgan fingerprint density at radius 3 is 2.51 bits per heavy atom. The maximum absolute atomic E-state index is 13.4. The first-order valence-electron chi connectivity index (χ1n) is 14.5. The molecule has 1 aliphatic carbocycles. The number of rotatable bonds is 16. The lowest BCUT2D eigenvalue weighted by Crippen LogP contribution is -2.41. The first-order chi connectivity index (χ1) is 18.9. The Labute approximate surface area is 243 Å². The van der Waals surface area contributed by atoms with Gasteiger partial charge in [0.1, 0.15) is 6.04 Å². The summed E-state index contributed by atoms with van der Waals surface area (Å²) in [5, 5.41) is 16.2. The molecule has 0 bridgehead atoms. The highest BCUT2D eigenvalue weighted by Gasteiger charge is 2.23. The van der Waals surface area contributed by atoms with E-state index in [1.54, 1.807) is 11.8 Å². The van der Waals surface area contributed by atoms with Crippen molar-refractivity contribution in [3.05, 3.63) is 59.2 Å². The summed E-state index contributed by atoms with van der Waals surface area (Å²) in [6.45, 7) is 5.01. The van der Waals surface area contributed by atoms with Crippen LogP contribution in [-0.4, -0.2) is 52.6 Å². The zero-order chi connectivity index (χ0) is 28.0. The van der Waals surface area contributed by atoms with Crippen LogP contribution in [0.15, 0.2) is 42.5 Å². The van der Waals surface area contributed by atoms with Crippen molar-refractivity contribution in [2.75, 3.05) is 23.5 Å². The molecule has 1 fully saturated rings. The molecule has 1 unspecified atom stereocenters. The van der Waals surface area contributed by atoms with Crippen LogP contribution >= 0.6 is 23.5 Å². The summed E-state index contributed by atoms with van der Waals surface area (Å²) in [5.74, 6) is 2.44. The fourth-order valence-corrected chi connectivity index (χ4v) is 6.68. The minimum absolute atomic E-state index is 0.342. The molecule has 0 aromatic heterocycles. The highest BCUT2D eigenvalue weighted by atomic mass is 32.2. The predicted molar refractivity (Wildman–Crippen MR) is 168 cm³/mol. The van der Waals surface area contributed by atoms with E-state index in [2.05, 4.69) is 23.6 Å². The molecule has 1 aliphatic rings. The smallest absolute Gasteiger partial charge is 0.326 e. The first-order valence-corrected chi connectivity index (χ1v) is 17.0. The third-order valence-corrected chi connectivity index (χ3v) is 9.43. The van der Waals surface area contributed by atoms with E-state index >= 15 is 0 Å². The minimum atomic E-state index is -1.00. The van der Waals surface area contributed by atoms with E-state index in [1.807, 2.05) is 61.3 Å². The van der Waals surface area contributed by atoms with Crippen LogP contribution in [0.1, 0.15) is 79.8 Å². The standard InChI is InChI=1S/C32H46N2O3S2/c1-4-39-22-26(16-14-24-11-6-5-7-12-24)33-21-25-15-17-28(29(20-25)27-13-9-8-10-23(27)2)31(35)34-30(32(36)37)18-19-38-3/h8-10,13,15,17,20,24,26,30,33H,4-7,11-12,14,16,18-19,21-22H2,1-3H3,(H,34,35)(H,36,37)/t26-,30?/m0/s1.